The number of piperidine rings is 1. The van der Waals surface area contributed by atoms with Crippen LogP contribution in [-0.4, -0.2) is 18.6 Å². The summed E-state index contributed by atoms with van der Waals surface area (Å²) in [5.74, 6) is 0.650. The van der Waals surface area contributed by atoms with Crippen molar-refractivity contribution < 1.29 is 0 Å². The van der Waals surface area contributed by atoms with Gasteiger partial charge in [0.15, 0.2) is 0 Å². The maximum Gasteiger partial charge on any atom is 0.0455 e. The van der Waals surface area contributed by atoms with Crippen LogP contribution in [0.4, 0.5) is 5.69 Å². The second-order valence-electron chi connectivity index (χ2n) is 5.99. The highest BCUT2D eigenvalue weighted by Gasteiger charge is 2.34. The molecule has 0 saturated carbocycles. The molecule has 0 aliphatic carbocycles. The highest BCUT2D eigenvalue weighted by molar-refractivity contribution is 6.31. The molecule has 0 aromatic heterocycles. The molecule has 0 radical (unpaired) electrons. The lowest BCUT2D eigenvalue weighted by atomic mass is 9.82. The molecule has 0 bridgehead atoms. The van der Waals surface area contributed by atoms with E-state index in [1.165, 1.54) is 12.1 Å². The Balaban J connectivity index is 2.25. The molecule has 100 valence electrons. The Kier molecular flexibility index (Phi) is 3.88. The lowest BCUT2D eigenvalue weighted by molar-refractivity contribution is 0.279. The topological polar surface area (TPSA) is 29.3 Å². The minimum atomic E-state index is 0.154. The summed E-state index contributed by atoms with van der Waals surface area (Å²) in [7, 11) is 0. The van der Waals surface area contributed by atoms with Crippen molar-refractivity contribution >= 4 is 17.3 Å². The van der Waals surface area contributed by atoms with E-state index in [9.17, 15) is 0 Å². The predicted molar refractivity (Wildman–Crippen MR) is 79.4 cm³/mol. The van der Waals surface area contributed by atoms with Gasteiger partial charge >= 0.3 is 0 Å². The lowest BCUT2D eigenvalue weighted by Crippen LogP contribution is -2.51. The van der Waals surface area contributed by atoms with Crippen LogP contribution < -0.4 is 10.6 Å². The van der Waals surface area contributed by atoms with E-state index < -0.39 is 0 Å². The first-order chi connectivity index (χ1) is 8.44. The number of anilines is 1. The minimum absolute atomic E-state index is 0.154. The van der Waals surface area contributed by atoms with Gasteiger partial charge < -0.3 is 10.6 Å². The van der Waals surface area contributed by atoms with E-state index in [1.807, 2.05) is 6.92 Å². The Morgan fingerprint density at radius 2 is 2.17 bits per heavy atom. The lowest BCUT2D eigenvalue weighted by Gasteiger charge is -2.47. The van der Waals surface area contributed by atoms with Gasteiger partial charge in [0.25, 0.3) is 0 Å². The zero-order valence-electron chi connectivity index (χ0n) is 11.5. The Morgan fingerprint density at radius 3 is 2.72 bits per heavy atom. The molecule has 1 unspecified atom stereocenters. The van der Waals surface area contributed by atoms with Crippen molar-refractivity contribution in [3.63, 3.8) is 0 Å². The number of nitrogens with zero attached hydrogens (tertiary/aromatic N) is 1. The van der Waals surface area contributed by atoms with E-state index in [-0.39, 0.29) is 5.54 Å². The van der Waals surface area contributed by atoms with Gasteiger partial charge in [-0.15, -0.1) is 0 Å². The van der Waals surface area contributed by atoms with Gasteiger partial charge in [-0.05, 0) is 63.8 Å². The summed E-state index contributed by atoms with van der Waals surface area (Å²) < 4.78 is 0. The van der Waals surface area contributed by atoms with Gasteiger partial charge in [0.05, 0.1) is 0 Å². The Labute approximate surface area is 115 Å². The van der Waals surface area contributed by atoms with E-state index in [0.717, 1.165) is 30.1 Å². The normalized spacial score (nSPS) is 23.2. The van der Waals surface area contributed by atoms with Gasteiger partial charge in [-0.3, -0.25) is 0 Å². The van der Waals surface area contributed by atoms with Crippen LogP contribution in [0, 0.1) is 12.8 Å². The summed E-state index contributed by atoms with van der Waals surface area (Å²) in [5, 5.41) is 0.851. The van der Waals surface area contributed by atoms with Crippen LogP contribution in [0.2, 0.25) is 5.02 Å². The van der Waals surface area contributed by atoms with Gasteiger partial charge in [0.2, 0.25) is 0 Å². The van der Waals surface area contributed by atoms with Crippen molar-refractivity contribution in [3.8, 4) is 0 Å². The molecule has 0 amide bonds. The number of rotatable bonds is 2. The monoisotopic (exact) mass is 266 g/mol. The summed E-state index contributed by atoms with van der Waals surface area (Å²) in [6.07, 6.45) is 2.32. The number of nitrogens with two attached hydrogens (primary N) is 1. The van der Waals surface area contributed by atoms with Crippen molar-refractivity contribution in [1.82, 2.24) is 0 Å². The first-order valence-corrected chi connectivity index (χ1v) is 7.05. The number of hydrogen-bond donors (Lipinski definition) is 1. The molecular formula is C15H23ClN2. The highest BCUT2D eigenvalue weighted by atomic mass is 35.5. The van der Waals surface area contributed by atoms with Crippen LogP contribution >= 0.6 is 11.6 Å². The molecule has 2 rings (SSSR count). The van der Waals surface area contributed by atoms with Crippen LogP contribution in [0.25, 0.3) is 0 Å². The van der Waals surface area contributed by atoms with E-state index in [1.54, 1.807) is 0 Å². The fourth-order valence-corrected chi connectivity index (χ4v) is 3.14. The summed E-state index contributed by atoms with van der Waals surface area (Å²) >= 11 is 6.24. The first-order valence-electron chi connectivity index (χ1n) is 6.68. The Hall–Kier alpha value is -0.730. The molecule has 3 heteroatoms. The molecule has 1 aromatic rings. The molecule has 1 atom stereocenters. The number of halogens is 1. The van der Waals surface area contributed by atoms with E-state index >= 15 is 0 Å². The molecule has 2 nitrogen and oxygen atoms in total. The summed E-state index contributed by atoms with van der Waals surface area (Å²) in [6.45, 7) is 8.49. The summed E-state index contributed by atoms with van der Waals surface area (Å²) in [5.41, 5.74) is 8.33. The molecule has 1 aliphatic heterocycles. The van der Waals surface area contributed by atoms with Crippen LogP contribution in [0.5, 0.6) is 0 Å². The molecule has 1 saturated heterocycles. The second-order valence-corrected chi connectivity index (χ2v) is 6.40. The third-order valence-electron chi connectivity index (χ3n) is 4.08. The van der Waals surface area contributed by atoms with E-state index in [4.69, 9.17) is 17.3 Å². The van der Waals surface area contributed by atoms with Crippen LogP contribution in [0.1, 0.15) is 32.3 Å². The van der Waals surface area contributed by atoms with E-state index in [2.05, 4.69) is 36.9 Å². The molecule has 0 spiro atoms. The minimum Gasteiger partial charge on any atom is -0.366 e. The fourth-order valence-electron chi connectivity index (χ4n) is 2.96. The molecular weight excluding hydrogens is 244 g/mol. The van der Waals surface area contributed by atoms with Gasteiger partial charge in [-0.2, -0.15) is 0 Å². The van der Waals surface area contributed by atoms with Gasteiger partial charge in [0, 0.05) is 22.8 Å². The van der Waals surface area contributed by atoms with Crippen molar-refractivity contribution in [3.05, 3.63) is 28.8 Å². The Bertz CT molecular complexity index is 429. The first kappa shape index (κ1) is 13.7. The maximum absolute atomic E-state index is 6.24. The van der Waals surface area contributed by atoms with Crippen molar-refractivity contribution in [2.24, 2.45) is 11.7 Å². The van der Waals surface area contributed by atoms with Gasteiger partial charge in [0.1, 0.15) is 0 Å². The summed E-state index contributed by atoms with van der Waals surface area (Å²) in [6, 6.07) is 6.36. The van der Waals surface area contributed by atoms with Gasteiger partial charge in [-0.1, -0.05) is 17.7 Å². The van der Waals surface area contributed by atoms with Crippen molar-refractivity contribution in [2.45, 2.75) is 39.2 Å². The number of aryl methyl sites for hydroxylation is 1. The largest absolute Gasteiger partial charge is 0.366 e. The maximum atomic E-state index is 6.24. The SMILES string of the molecule is Cc1ccc(N2CCC(CN)CC2(C)C)cc1Cl. The van der Waals surface area contributed by atoms with Gasteiger partial charge in [-0.25, -0.2) is 0 Å². The molecule has 1 heterocycles. The quantitative estimate of drug-likeness (QED) is 0.886. The highest BCUT2D eigenvalue weighted by Crippen LogP contribution is 2.36. The van der Waals surface area contributed by atoms with Crippen LogP contribution in [0.15, 0.2) is 18.2 Å². The third-order valence-corrected chi connectivity index (χ3v) is 4.49. The third kappa shape index (κ3) is 2.65. The average Bonchev–Trinajstić information content (AvgIpc) is 2.31. The summed E-state index contributed by atoms with van der Waals surface area (Å²) in [4.78, 5) is 2.46. The van der Waals surface area contributed by atoms with Crippen LogP contribution in [-0.2, 0) is 0 Å². The molecule has 1 aliphatic rings. The van der Waals surface area contributed by atoms with Crippen LogP contribution in [0.3, 0.4) is 0 Å². The number of benzene rings is 1. The molecule has 1 fully saturated rings. The standard InChI is InChI=1S/C15H23ClN2/c1-11-4-5-13(8-14(11)16)18-7-6-12(10-17)9-15(18,2)3/h4-5,8,12H,6-7,9-10,17H2,1-3H3. The van der Waals surface area contributed by atoms with Crippen molar-refractivity contribution in [1.29, 1.82) is 0 Å². The molecule has 1 aromatic carbocycles. The molecule has 2 N–H and O–H groups in total. The molecule has 18 heavy (non-hydrogen) atoms. The fraction of sp³-hybridized carbons (Fsp3) is 0.600. The Morgan fingerprint density at radius 1 is 1.44 bits per heavy atom. The smallest absolute Gasteiger partial charge is 0.0455 e. The second kappa shape index (κ2) is 5.10. The number of hydrogen-bond acceptors (Lipinski definition) is 2. The predicted octanol–water partition coefficient (Wildman–Crippen LogP) is 3.60. The van der Waals surface area contributed by atoms with E-state index in [0.29, 0.717) is 5.92 Å². The zero-order chi connectivity index (χ0) is 13.3. The zero-order valence-corrected chi connectivity index (χ0v) is 12.3. The average molecular weight is 267 g/mol. The van der Waals surface area contributed by atoms with Crippen molar-refractivity contribution in [2.75, 3.05) is 18.0 Å².